The van der Waals surface area contributed by atoms with Crippen LogP contribution in [0, 0.1) is 17.3 Å². The number of hydrogen-bond acceptors (Lipinski definition) is 5. The average molecular weight is 292 g/mol. The van der Waals surface area contributed by atoms with E-state index in [1.54, 1.807) is 6.92 Å². The summed E-state index contributed by atoms with van der Waals surface area (Å²) in [6.45, 7) is 5.15. The van der Waals surface area contributed by atoms with Crippen molar-refractivity contribution in [1.82, 2.24) is 0 Å². The van der Waals surface area contributed by atoms with Crippen molar-refractivity contribution in [1.29, 1.82) is 0 Å². The lowest BCUT2D eigenvalue weighted by Crippen LogP contribution is -2.42. The van der Waals surface area contributed by atoms with Gasteiger partial charge >= 0.3 is 5.97 Å². The zero-order chi connectivity index (χ0) is 15.5. The summed E-state index contributed by atoms with van der Waals surface area (Å²) in [5.74, 6) is -1.27. The molecule has 5 atom stereocenters. The Bertz CT molecular complexity index is 587. The summed E-state index contributed by atoms with van der Waals surface area (Å²) < 4.78 is 5.54. The van der Waals surface area contributed by atoms with Gasteiger partial charge in [0.25, 0.3) is 0 Å². The number of ether oxygens (including phenoxy) is 1. The van der Waals surface area contributed by atoms with Gasteiger partial charge in [0.1, 0.15) is 6.10 Å². The second kappa shape index (κ2) is 4.52. The SMILES string of the molecule is CC1=C2C(=O)C=C(CO)[C@]2(C)[C@H]2OC(=O)[C@H](C)[C@@H]2[C@H](O)C1. The van der Waals surface area contributed by atoms with Crippen LogP contribution in [0.3, 0.4) is 0 Å². The van der Waals surface area contributed by atoms with E-state index in [-0.39, 0.29) is 24.3 Å². The minimum Gasteiger partial charge on any atom is -0.460 e. The lowest BCUT2D eigenvalue weighted by atomic mass is 9.69. The van der Waals surface area contributed by atoms with Gasteiger partial charge in [-0.1, -0.05) is 12.5 Å². The molecule has 0 bridgehead atoms. The fourth-order valence-corrected chi connectivity index (χ4v) is 4.31. The van der Waals surface area contributed by atoms with Gasteiger partial charge in [-0.3, -0.25) is 9.59 Å². The summed E-state index contributed by atoms with van der Waals surface area (Å²) in [6.07, 6.45) is 0.474. The van der Waals surface area contributed by atoms with Crippen LogP contribution in [-0.4, -0.2) is 40.8 Å². The molecule has 3 rings (SSSR count). The second-order valence-corrected chi connectivity index (χ2v) is 6.54. The normalized spacial score (nSPS) is 42.4. The van der Waals surface area contributed by atoms with Gasteiger partial charge in [0.15, 0.2) is 5.78 Å². The van der Waals surface area contributed by atoms with Gasteiger partial charge in [0, 0.05) is 11.5 Å². The third-order valence-corrected chi connectivity index (χ3v) is 5.41. The van der Waals surface area contributed by atoms with Crippen molar-refractivity contribution in [3.8, 4) is 0 Å². The standard InChI is InChI=1S/C16H20O5/c1-7-4-10(18)12-8(2)15(20)21-14(12)16(3)9(6-17)5-11(19)13(7)16/h5,8,10,12,14,17-18H,4,6H2,1-3H3/t8-,10-,12-,14+,16+/m1/s1. The second-order valence-electron chi connectivity index (χ2n) is 6.54. The summed E-state index contributed by atoms with van der Waals surface area (Å²) in [5, 5.41) is 20.1. The molecule has 5 nitrogen and oxygen atoms in total. The van der Waals surface area contributed by atoms with Gasteiger partial charge in [-0.2, -0.15) is 0 Å². The molecule has 0 spiro atoms. The molecule has 0 radical (unpaired) electrons. The number of hydrogen-bond donors (Lipinski definition) is 2. The van der Waals surface area contributed by atoms with Crippen molar-refractivity contribution in [2.24, 2.45) is 17.3 Å². The zero-order valence-corrected chi connectivity index (χ0v) is 12.4. The van der Waals surface area contributed by atoms with E-state index >= 15 is 0 Å². The van der Waals surface area contributed by atoms with Crippen LogP contribution in [0.25, 0.3) is 0 Å². The predicted molar refractivity (Wildman–Crippen MR) is 74.1 cm³/mol. The van der Waals surface area contributed by atoms with E-state index in [1.165, 1.54) is 6.08 Å². The minimum atomic E-state index is -0.835. The van der Waals surface area contributed by atoms with Crippen LogP contribution < -0.4 is 0 Å². The quantitative estimate of drug-likeness (QED) is 0.697. The summed E-state index contributed by atoms with van der Waals surface area (Å²) in [6, 6.07) is 0. The monoisotopic (exact) mass is 292 g/mol. The van der Waals surface area contributed by atoms with Crippen molar-refractivity contribution >= 4 is 11.8 Å². The largest absolute Gasteiger partial charge is 0.460 e. The Balaban J connectivity index is 2.21. The third kappa shape index (κ3) is 1.71. The summed E-state index contributed by atoms with van der Waals surface area (Å²) in [7, 11) is 0. The number of fused-ring (bicyclic) bond motifs is 3. The van der Waals surface area contributed by atoms with E-state index in [4.69, 9.17) is 4.74 Å². The molecule has 21 heavy (non-hydrogen) atoms. The van der Waals surface area contributed by atoms with E-state index in [0.717, 1.165) is 5.57 Å². The average Bonchev–Trinajstić information content (AvgIpc) is 2.82. The van der Waals surface area contributed by atoms with E-state index in [9.17, 15) is 19.8 Å². The highest BCUT2D eigenvalue weighted by Crippen LogP contribution is 2.55. The molecule has 0 saturated carbocycles. The molecule has 3 aliphatic rings. The summed E-state index contributed by atoms with van der Waals surface area (Å²) >= 11 is 0. The maximum absolute atomic E-state index is 12.3. The van der Waals surface area contributed by atoms with Crippen LogP contribution in [0.15, 0.2) is 22.8 Å². The molecule has 0 aromatic heterocycles. The molecule has 0 aromatic rings. The first-order valence-electron chi connectivity index (χ1n) is 7.27. The van der Waals surface area contributed by atoms with Crippen LogP contribution in [0.5, 0.6) is 0 Å². The van der Waals surface area contributed by atoms with Crippen molar-refractivity contribution in [3.63, 3.8) is 0 Å². The predicted octanol–water partition coefficient (Wildman–Crippen LogP) is 0.753. The minimum absolute atomic E-state index is 0.150. The molecule has 0 unspecified atom stereocenters. The van der Waals surface area contributed by atoms with Crippen LogP contribution >= 0.6 is 0 Å². The molecular weight excluding hydrogens is 272 g/mol. The number of carbonyl (C=O) groups is 2. The van der Waals surface area contributed by atoms with Gasteiger partial charge in [-0.05, 0) is 31.9 Å². The molecule has 2 aliphatic carbocycles. The van der Waals surface area contributed by atoms with Crippen LogP contribution in [0.2, 0.25) is 0 Å². The Labute approximate surface area is 123 Å². The molecule has 1 aliphatic heterocycles. The van der Waals surface area contributed by atoms with Gasteiger partial charge in [-0.15, -0.1) is 0 Å². The topological polar surface area (TPSA) is 83.8 Å². The first-order valence-corrected chi connectivity index (χ1v) is 7.27. The van der Waals surface area contributed by atoms with Gasteiger partial charge < -0.3 is 14.9 Å². The Hall–Kier alpha value is -1.46. The number of aliphatic hydroxyl groups is 2. The molecule has 0 amide bonds. The number of rotatable bonds is 1. The Kier molecular flexibility index (Phi) is 3.11. The fourth-order valence-electron chi connectivity index (χ4n) is 4.31. The van der Waals surface area contributed by atoms with Crippen molar-refractivity contribution in [2.45, 2.75) is 39.4 Å². The highest BCUT2D eigenvalue weighted by atomic mass is 16.6. The Morgan fingerprint density at radius 3 is 2.71 bits per heavy atom. The first kappa shape index (κ1) is 14.5. The Morgan fingerprint density at radius 2 is 2.10 bits per heavy atom. The molecule has 1 fully saturated rings. The molecular formula is C16H20O5. The molecule has 114 valence electrons. The maximum atomic E-state index is 12.3. The number of allylic oxidation sites excluding steroid dienone is 1. The van der Waals surface area contributed by atoms with Gasteiger partial charge in [0.2, 0.25) is 0 Å². The summed E-state index contributed by atoms with van der Waals surface area (Å²) in [4.78, 5) is 24.3. The van der Waals surface area contributed by atoms with Gasteiger partial charge in [-0.25, -0.2) is 0 Å². The van der Waals surface area contributed by atoms with Gasteiger partial charge in [0.05, 0.1) is 24.0 Å². The number of carbonyl (C=O) groups excluding carboxylic acids is 2. The highest BCUT2D eigenvalue weighted by molar-refractivity contribution is 6.10. The maximum Gasteiger partial charge on any atom is 0.309 e. The molecule has 1 heterocycles. The van der Waals surface area contributed by atoms with Crippen LogP contribution in [0.1, 0.15) is 27.2 Å². The number of aliphatic hydroxyl groups excluding tert-OH is 2. The van der Waals surface area contributed by atoms with E-state index in [2.05, 4.69) is 0 Å². The van der Waals surface area contributed by atoms with Crippen molar-refractivity contribution < 1.29 is 24.5 Å². The lowest BCUT2D eigenvalue weighted by Gasteiger charge is -2.36. The van der Waals surface area contributed by atoms with Crippen molar-refractivity contribution in [3.05, 3.63) is 22.8 Å². The molecule has 0 aromatic carbocycles. The molecule has 5 heteroatoms. The van der Waals surface area contributed by atoms with Crippen LogP contribution in [-0.2, 0) is 14.3 Å². The third-order valence-electron chi connectivity index (χ3n) is 5.41. The zero-order valence-electron chi connectivity index (χ0n) is 12.4. The Morgan fingerprint density at radius 1 is 1.43 bits per heavy atom. The van der Waals surface area contributed by atoms with E-state index in [1.807, 2.05) is 13.8 Å². The molecule has 2 N–H and O–H groups in total. The van der Waals surface area contributed by atoms with E-state index < -0.39 is 23.5 Å². The smallest absolute Gasteiger partial charge is 0.309 e. The lowest BCUT2D eigenvalue weighted by molar-refractivity contribution is -0.146. The number of ketones is 1. The molecule has 1 saturated heterocycles. The first-order chi connectivity index (χ1) is 9.82. The van der Waals surface area contributed by atoms with Crippen LogP contribution in [0.4, 0.5) is 0 Å². The fraction of sp³-hybridized carbons (Fsp3) is 0.625. The number of esters is 1. The highest BCUT2D eigenvalue weighted by Gasteiger charge is 2.60. The summed E-state index contributed by atoms with van der Waals surface area (Å²) in [5.41, 5.74) is 1.11. The van der Waals surface area contributed by atoms with E-state index in [0.29, 0.717) is 17.6 Å². The van der Waals surface area contributed by atoms with Crippen molar-refractivity contribution in [2.75, 3.05) is 6.61 Å².